The van der Waals surface area contributed by atoms with Crippen molar-refractivity contribution in [1.82, 2.24) is 0 Å². The quantitative estimate of drug-likeness (QED) is 0.732. The van der Waals surface area contributed by atoms with Crippen molar-refractivity contribution in [2.45, 2.75) is 25.9 Å². The second-order valence-corrected chi connectivity index (χ2v) is 3.71. The Morgan fingerprint density at radius 2 is 2.29 bits per heavy atom. The molecule has 1 unspecified atom stereocenters. The van der Waals surface area contributed by atoms with Crippen molar-refractivity contribution >= 4 is 0 Å². The first-order valence-electron chi connectivity index (χ1n) is 5.16. The third-order valence-corrected chi connectivity index (χ3v) is 2.54. The highest BCUT2D eigenvalue weighted by Crippen LogP contribution is 2.18. The molecule has 1 heterocycles. The molecule has 1 aliphatic heterocycles. The number of aryl methyl sites for hydroxylation is 1. The van der Waals surface area contributed by atoms with Crippen LogP contribution in [0.15, 0.2) is 24.3 Å². The van der Waals surface area contributed by atoms with E-state index in [9.17, 15) is 0 Å². The largest absolute Gasteiger partial charge is 0.491 e. The summed E-state index contributed by atoms with van der Waals surface area (Å²) in [5, 5.41) is 0. The van der Waals surface area contributed by atoms with Crippen LogP contribution in [0.25, 0.3) is 0 Å². The summed E-state index contributed by atoms with van der Waals surface area (Å²) < 4.78 is 11.2. The fraction of sp³-hybridized carbons (Fsp3) is 0.500. The summed E-state index contributed by atoms with van der Waals surface area (Å²) in [7, 11) is 0. The normalized spacial score (nSPS) is 21.1. The maximum Gasteiger partial charge on any atom is 0.122 e. The molecule has 1 aromatic carbocycles. The first-order valence-corrected chi connectivity index (χ1v) is 5.16. The summed E-state index contributed by atoms with van der Waals surface area (Å²) in [5.41, 5.74) is 1.19. The topological polar surface area (TPSA) is 18.5 Å². The van der Waals surface area contributed by atoms with E-state index in [1.807, 2.05) is 18.2 Å². The van der Waals surface area contributed by atoms with Crippen molar-refractivity contribution < 1.29 is 9.47 Å². The van der Waals surface area contributed by atoms with Crippen molar-refractivity contribution in [3.8, 4) is 5.75 Å². The van der Waals surface area contributed by atoms with Gasteiger partial charge >= 0.3 is 0 Å². The summed E-state index contributed by atoms with van der Waals surface area (Å²) in [5.74, 6) is 0.975. The molecule has 0 spiro atoms. The molecule has 14 heavy (non-hydrogen) atoms. The summed E-state index contributed by atoms with van der Waals surface area (Å²) in [6.45, 7) is 3.64. The van der Waals surface area contributed by atoms with E-state index in [4.69, 9.17) is 9.47 Å². The van der Waals surface area contributed by atoms with Crippen LogP contribution in [-0.2, 0) is 4.74 Å². The minimum atomic E-state index is 0.301. The van der Waals surface area contributed by atoms with Crippen molar-refractivity contribution in [2.24, 2.45) is 0 Å². The molecular formula is C12H16O2. The molecule has 1 aromatic rings. The van der Waals surface area contributed by atoms with Gasteiger partial charge in [-0.2, -0.15) is 0 Å². The molecule has 2 heteroatoms. The Labute approximate surface area is 84.8 Å². The maximum atomic E-state index is 5.70. The van der Waals surface area contributed by atoms with E-state index in [1.54, 1.807) is 0 Å². The highest BCUT2D eigenvalue weighted by atomic mass is 16.5. The Morgan fingerprint density at radius 3 is 3.00 bits per heavy atom. The van der Waals surface area contributed by atoms with Crippen LogP contribution in [0.4, 0.5) is 0 Å². The monoisotopic (exact) mass is 192 g/mol. The van der Waals surface area contributed by atoms with Gasteiger partial charge < -0.3 is 9.47 Å². The van der Waals surface area contributed by atoms with E-state index in [1.165, 1.54) is 12.0 Å². The van der Waals surface area contributed by atoms with Crippen molar-refractivity contribution in [1.29, 1.82) is 0 Å². The summed E-state index contributed by atoms with van der Waals surface area (Å²) in [6, 6.07) is 8.08. The molecule has 76 valence electrons. The van der Waals surface area contributed by atoms with Crippen LogP contribution in [0.5, 0.6) is 5.75 Å². The van der Waals surface area contributed by atoms with Gasteiger partial charge in [0.1, 0.15) is 12.4 Å². The van der Waals surface area contributed by atoms with Gasteiger partial charge in [-0.05, 0) is 31.4 Å². The lowest BCUT2D eigenvalue weighted by Crippen LogP contribution is -2.16. The molecule has 0 N–H and O–H groups in total. The van der Waals surface area contributed by atoms with Gasteiger partial charge in [0.15, 0.2) is 0 Å². The minimum Gasteiger partial charge on any atom is -0.491 e. The smallest absolute Gasteiger partial charge is 0.122 e. The summed E-state index contributed by atoms with van der Waals surface area (Å²) in [4.78, 5) is 0. The Hall–Kier alpha value is -1.02. The SMILES string of the molecule is Cc1ccccc1OCC1CCCO1. The predicted molar refractivity (Wildman–Crippen MR) is 55.6 cm³/mol. The average Bonchev–Trinajstić information content (AvgIpc) is 2.69. The number of hydrogen-bond donors (Lipinski definition) is 0. The highest BCUT2D eigenvalue weighted by Gasteiger charge is 2.16. The van der Waals surface area contributed by atoms with Crippen LogP contribution in [0, 0.1) is 6.92 Å². The second-order valence-electron chi connectivity index (χ2n) is 3.71. The fourth-order valence-electron chi connectivity index (χ4n) is 1.68. The van der Waals surface area contributed by atoms with E-state index < -0.39 is 0 Å². The standard InChI is InChI=1S/C12H16O2/c1-10-5-2-3-7-12(10)14-9-11-6-4-8-13-11/h2-3,5,7,11H,4,6,8-9H2,1H3. The van der Waals surface area contributed by atoms with Gasteiger partial charge in [0, 0.05) is 6.61 Å². The van der Waals surface area contributed by atoms with Gasteiger partial charge in [0.25, 0.3) is 0 Å². The summed E-state index contributed by atoms with van der Waals surface area (Å²) >= 11 is 0. The zero-order valence-electron chi connectivity index (χ0n) is 8.53. The zero-order valence-corrected chi connectivity index (χ0v) is 8.53. The van der Waals surface area contributed by atoms with Crippen LogP contribution in [0.3, 0.4) is 0 Å². The first-order chi connectivity index (χ1) is 6.86. The molecule has 0 radical (unpaired) electrons. The lowest BCUT2D eigenvalue weighted by Gasteiger charge is -2.12. The number of para-hydroxylation sites is 1. The number of benzene rings is 1. The van der Waals surface area contributed by atoms with E-state index in [0.717, 1.165) is 18.8 Å². The van der Waals surface area contributed by atoms with E-state index in [0.29, 0.717) is 12.7 Å². The fourth-order valence-corrected chi connectivity index (χ4v) is 1.68. The van der Waals surface area contributed by atoms with Crippen molar-refractivity contribution in [3.05, 3.63) is 29.8 Å². The molecule has 2 rings (SSSR count). The molecule has 0 aromatic heterocycles. The van der Waals surface area contributed by atoms with Gasteiger partial charge in [0.2, 0.25) is 0 Å². The maximum absolute atomic E-state index is 5.70. The molecule has 0 bridgehead atoms. The number of hydrogen-bond acceptors (Lipinski definition) is 2. The molecule has 0 saturated carbocycles. The van der Waals surface area contributed by atoms with E-state index >= 15 is 0 Å². The summed E-state index contributed by atoms with van der Waals surface area (Å²) in [6.07, 6.45) is 2.60. The molecule has 0 amide bonds. The van der Waals surface area contributed by atoms with Gasteiger partial charge in [-0.15, -0.1) is 0 Å². The first kappa shape index (κ1) is 9.53. The van der Waals surface area contributed by atoms with Crippen LogP contribution in [-0.4, -0.2) is 19.3 Å². The van der Waals surface area contributed by atoms with Crippen LogP contribution in [0.1, 0.15) is 18.4 Å². The Kier molecular flexibility index (Phi) is 3.04. The molecule has 1 fully saturated rings. The Balaban J connectivity index is 1.88. The predicted octanol–water partition coefficient (Wildman–Crippen LogP) is 2.55. The number of rotatable bonds is 3. The van der Waals surface area contributed by atoms with Gasteiger partial charge in [-0.3, -0.25) is 0 Å². The van der Waals surface area contributed by atoms with Crippen LogP contribution in [0.2, 0.25) is 0 Å². The van der Waals surface area contributed by atoms with Gasteiger partial charge in [0.05, 0.1) is 6.10 Å². The molecule has 2 nitrogen and oxygen atoms in total. The third-order valence-electron chi connectivity index (χ3n) is 2.54. The van der Waals surface area contributed by atoms with Gasteiger partial charge in [-0.1, -0.05) is 18.2 Å². The minimum absolute atomic E-state index is 0.301. The molecule has 0 aliphatic carbocycles. The highest BCUT2D eigenvalue weighted by molar-refractivity contribution is 5.31. The second kappa shape index (κ2) is 4.47. The van der Waals surface area contributed by atoms with Crippen LogP contribution >= 0.6 is 0 Å². The zero-order chi connectivity index (χ0) is 9.80. The van der Waals surface area contributed by atoms with E-state index in [-0.39, 0.29) is 0 Å². The van der Waals surface area contributed by atoms with E-state index in [2.05, 4.69) is 13.0 Å². The van der Waals surface area contributed by atoms with Crippen molar-refractivity contribution in [3.63, 3.8) is 0 Å². The molecular weight excluding hydrogens is 176 g/mol. The Bertz CT molecular complexity index is 290. The molecule has 1 saturated heterocycles. The Morgan fingerprint density at radius 1 is 1.43 bits per heavy atom. The molecule has 1 atom stereocenters. The average molecular weight is 192 g/mol. The lowest BCUT2D eigenvalue weighted by molar-refractivity contribution is 0.0677. The lowest BCUT2D eigenvalue weighted by atomic mass is 10.2. The van der Waals surface area contributed by atoms with Gasteiger partial charge in [-0.25, -0.2) is 0 Å². The number of ether oxygens (including phenoxy) is 2. The molecule has 1 aliphatic rings. The third kappa shape index (κ3) is 2.26. The van der Waals surface area contributed by atoms with Crippen LogP contribution < -0.4 is 4.74 Å². The van der Waals surface area contributed by atoms with Crippen molar-refractivity contribution in [2.75, 3.05) is 13.2 Å².